The standard InChI is InChI=1S/C21H20F2N4O5/c1-11(28)24-13-5-7-17(32-3)16(9-13)25-18(29)10-27-19(30)21(2,26-20(27)31)12-4-6-14(22)15(23)8-12/h4-9H,10H2,1-3H3,(H,24,28)(H,25,29)(H,26,31). The molecule has 5 amide bonds. The molecule has 0 spiro atoms. The molecule has 9 nitrogen and oxygen atoms in total. The van der Waals surface area contributed by atoms with Gasteiger partial charge in [0, 0.05) is 12.6 Å². The van der Waals surface area contributed by atoms with Crippen LogP contribution < -0.4 is 20.7 Å². The molecule has 168 valence electrons. The highest BCUT2D eigenvalue weighted by atomic mass is 19.2. The maximum absolute atomic E-state index is 13.6. The van der Waals surface area contributed by atoms with E-state index in [4.69, 9.17) is 4.74 Å². The molecule has 11 heteroatoms. The lowest BCUT2D eigenvalue weighted by atomic mass is 9.92. The predicted octanol–water partition coefficient (Wildman–Crippen LogP) is 2.34. The number of hydrogen-bond acceptors (Lipinski definition) is 5. The number of amides is 5. The largest absolute Gasteiger partial charge is 0.495 e. The van der Waals surface area contributed by atoms with Gasteiger partial charge in [-0.15, -0.1) is 0 Å². The highest BCUT2D eigenvalue weighted by Gasteiger charge is 2.49. The molecule has 0 aliphatic carbocycles. The van der Waals surface area contributed by atoms with Crippen molar-refractivity contribution in [2.24, 2.45) is 0 Å². The minimum atomic E-state index is -1.67. The summed E-state index contributed by atoms with van der Waals surface area (Å²) in [6.07, 6.45) is 0. The maximum atomic E-state index is 13.6. The second kappa shape index (κ2) is 8.61. The summed E-state index contributed by atoms with van der Waals surface area (Å²) in [6.45, 7) is 2.01. The van der Waals surface area contributed by atoms with Gasteiger partial charge in [-0.2, -0.15) is 0 Å². The number of methoxy groups -OCH3 is 1. The van der Waals surface area contributed by atoms with Gasteiger partial charge >= 0.3 is 6.03 Å². The van der Waals surface area contributed by atoms with Crippen LogP contribution >= 0.6 is 0 Å². The van der Waals surface area contributed by atoms with Gasteiger partial charge in [-0.25, -0.2) is 13.6 Å². The average molecular weight is 446 g/mol. The Morgan fingerprint density at radius 2 is 1.81 bits per heavy atom. The van der Waals surface area contributed by atoms with E-state index in [1.165, 1.54) is 39.2 Å². The van der Waals surface area contributed by atoms with Gasteiger partial charge in [0.05, 0.1) is 12.8 Å². The zero-order valence-electron chi connectivity index (χ0n) is 17.4. The van der Waals surface area contributed by atoms with Gasteiger partial charge in [0.1, 0.15) is 17.8 Å². The van der Waals surface area contributed by atoms with Gasteiger partial charge in [0.25, 0.3) is 5.91 Å². The molecule has 1 saturated heterocycles. The summed E-state index contributed by atoms with van der Waals surface area (Å²) in [7, 11) is 1.38. The first-order valence-corrected chi connectivity index (χ1v) is 9.40. The summed E-state index contributed by atoms with van der Waals surface area (Å²) in [4.78, 5) is 49.8. The van der Waals surface area contributed by atoms with Crippen LogP contribution in [0.3, 0.4) is 0 Å². The predicted molar refractivity (Wildman–Crippen MR) is 110 cm³/mol. The molecule has 1 unspecified atom stereocenters. The fraction of sp³-hybridized carbons (Fsp3) is 0.238. The van der Waals surface area contributed by atoms with Crippen molar-refractivity contribution in [1.29, 1.82) is 0 Å². The Hall–Kier alpha value is -4.02. The van der Waals surface area contributed by atoms with Crippen LogP contribution in [0.2, 0.25) is 0 Å². The summed E-state index contributed by atoms with van der Waals surface area (Å²) in [6, 6.07) is 6.52. The molecule has 0 aromatic heterocycles. The Kier molecular flexibility index (Phi) is 6.10. The lowest BCUT2D eigenvalue weighted by Crippen LogP contribution is -2.42. The van der Waals surface area contributed by atoms with Crippen molar-refractivity contribution in [2.45, 2.75) is 19.4 Å². The SMILES string of the molecule is COc1ccc(NC(C)=O)cc1NC(=O)CN1C(=O)NC(C)(c2ccc(F)c(F)c2)C1=O. The Morgan fingerprint density at radius 3 is 2.44 bits per heavy atom. The third-order valence-corrected chi connectivity index (χ3v) is 4.87. The summed E-state index contributed by atoms with van der Waals surface area (Å²) < 4.78 is 32.1. The molecule has 32 heavy (non-hydrogen) atoms. The number of halogens is 2. The molecule has 1 atom stereocenters. The number of carbonyl (C=O) groups excluding carboxylic acids is 4. The van der Waals surface area contributed by atoms with Gasteiger partial charge in [0.2, 0.25) is 11.8 Å². The number of ether oxygens (including phenoxy) is 1. The van der Waals surface area contributed by atoms with E-state index in [-0.39, 0.29) is 22.9 Å². The van der Waals surface area contributed by atoms with Crippen LogP contribution in [0.5, 0.6) is 5.75 Å². The van der Waals surface area contributed by atoms with E-state index in [9.17, 15) is 28.0 Å². The Morgan fingerprint density at radius 1 is 1.09 bits per heavy atom. The van der Waals surface area contributed by atoms with Crippen LogP contribution in [0.15, 0.2) is 36.4 Å². The fourth-order valence-corrected chi connectivity index (χ4v) is 3.26. The highest BCUT2D eigenvalue weighted by molar-refractivity contribution is 6.10. The molecule has 0 saturated carbocycles. The van der Waals surface area contributed by atoms with Crippen LogP contribution in [0.1, 0.15) is 19.4 Å². The smallest absolute Gasteiger partial charge is 0.325 e. The number of hydrogen-bond donors (Lipinski definition) is 3. The van der Waals surface area contributed by atoms with Crippen molar-refractivity contribution >= 4 is 35.1 Å². The summed E-state index contributed by atoms with van der Waals surface area (Å²) in [5.74, 6) is -3.82. The van der Waals surface area contributed by atoms with Crippen LogP contribution in [0, 0.1) is 11.6 Å². The van der Waals surface area contributed by atoms with Crippen molar-refractivity contribution in [3.05, 3.63) is 53.6 Å². The highest BCUT2D eigenvalue weighted by Crippen LogP contribution is 2.31. The second-order valence-corrected chi connectivity index (χ2v) is 7.22. The van der Waals surface area contributed by atoms with E-state index >= 15 is 0 Å². The van der Waals surface area contributed by atoms with Crippen LogP contribution in [-0.4, -0.2) is 42.3 Å². The normalized spacial score (nSPS) is 17.7. The quantitative estimate of drug-likeness (QED) is 0.589. The number of imide groups is 1. The number of urea groups is 1. The van der Waals surface area contributed by atoms with Crippen molar-refractivity contribution in [1.82, 2.24) is 10.2 Å². The van der Waals surface area contributed by atoms with Crippen molar-refractivity contribution in [2.75, 3.05) is 24.3 Å². The summed E-state index contributed by atoms with van der Waals surface area (Å²) in [5, 5.41) is 7.50. The lowest BCUT2D eigenvalue weighted by Gasteiger charge is -2.22. The first-order chi connectivity index (χ1) is 15.0. The topological polar surface area (TPSA) is 117 Å². The van der Waals surface area contributed by atoms with Gasteiger partial charge < -0.3 is 20.7 Å². The zero-order valence-corrected chi connectivity index (χ0v) is 17.4. The van der Waals surface area contributed by atoms with Gasteiger partial charge in [-0.3, -0.25) is 19.3 Å². The number of anilines is 2. The Labute approximate surface area is 181 Å². The third-order valence-electron chi connectivity index (χ3n) is 4.87. The molecule has 1 aliphatic heterocycles. The minimum Gasteiger partial charge on any atom is -0.495 e. The van der Waals surface area contributed by atoms with Crippen LogP contribution in [0.25, 0.3) is 0 Å². The van der Waals surface area contributed by atoms with E-state index in [0.29, 0.717) is 10.6 Å². The summed E-state index contributed by atoms with van der Waals surface area (Å²) >= 11 is 0. The molecule has 0 radical (unpaired) electrons. The number of nitrogens with zero attached hydrogens (tertiary/aromatic N) is 1. The maximum Gasteiger partial charge on any atom is 0.325 e. The minimum absolute atomic E-state index is 0.0299. The molecule has 1 fully saturated rings. The van der Waals surface area contributed by atoms with Crippen LogP contribution in [0.4, 0.5) is 25.0 Å². The molecule has 0 bridgehead atoms. The van der Waals surface area contributed by atoms with Gasteiger partial charge in [-0.1, -0.05) is 6.07 Å². The third kappa shape index (κ3) is 4.36. The zero-order chi connectivity index (χ0) is 23.6. The van der Waals surface area contributed by atoms with Crippen molar-refractivity contribution in [3.63, 3.8) is 0 Å². The van der Waals surface area contributed by atoms with E-state index in [0.717, 1.165) is 12.1 Å². The average Bonchev–Trinajstić information content (AvgIpc) is 2.93. The van der Waals surface area contributed by atoms with Crippen molar-refractivity contribution in [3.8, 4) is 5.75 Å². The first kappa shape index (κ1) is 22.7. The lowest BCUT2D eigenvalue weighted by molar-refractivity contribution is -0.133. The fourth-order valence-electron chi connectivity index (χ4n) is 3.26. The summed E-state index contributed by atoms with van der Waals surface area (Å²) in [5.41, 5.74) is -1.04. The Balaban J connectivity index is 1.78. The molecule has 1 aliphatic rings. The number of benzene rings is 2. The number of carbonyl (C=O) groups is 4. The molecule has 2 aromatic carbocycles. The number of rotatable bonds is 6. The second-order valence-electron chi connectivity index (χ2n) is 7.22. The molecule has 3 N–H and O–H groups in total. The van der Waals surface area contributed by atoms with Gasteiger partial charge in [0.15, 0.2) is 11.6 Å². The van der Waals surface area contributed by atoms with Crippen molar-refractivity contribution < 1.29 is 32.7 Å². The Bertz CT molecular complexity index is 1120. The number of nitrogens with one attached hydrogen (secondary N) is 3. The first-order valence-electron chi connectivity index (χ1n) is 9.40. The molecule has 2 aromatic rings. The van der Waals surface area contributed by atoms with E-state index < -0.39 is 41.6 Å². The van der Waals surface area contributed by atoms with Crippen LogP contribution in [-0.2, 0) is 19.9 Å². The monoisotopic (exact) mass is 446 g/mol. The molecular formula is C21H20F2N4O5. The van der Waals surface area contributed by atoms with Gasteiger partial charge in [-0.05, 0) is 42.8 Å². The van der Waals surface area contributed by atoms with E-state index in [2.05, 4.69) is 16.0 Å². The van der Waals surface area contributed by atoms with E-state index in [1.807, 2.05) is 0 Å². The molecule has 1 heterocycles. The molecule has 3 rings (SSSR count). The van der Waals surface area contributed by atoms with E-state index in [1.54, 1.807) is 6.07 Å². The molecular weight excluding hydrogens is 426 g/mol.